The first-order valence-corrected chi connectivity index (χ1v) is 14.9. The molecule has 0 atom stereocenters. The van der Waals surface area contributed by atoms with E-state index in [1.54, 1.807) is 6.20 Å². The van der Waals surface area contributed by atoms with E-state index in [0.29, 0.717) is 11.9 Å². The number of nitrogens with one attached hydrogen (secondary N) is 1. The van der Waals surface area contributed by atoms with Crippen molar-refractivity contribution in [2.45, 2.75) is 38.1 Å². The first-order valence-electron chi connectivity index (χ1n) is 14.9. The van der Waals surface area contributed by atoms with Crippen LogP contribution >= 0.6 is 0 Å². The van der Waals surface area contributed by atoms with Crippen LogP contribution in [0, 0.1) is 0 Å². The van der Waals surface area contributed by atoms with Gasteiger partial charge >= 0.3 is 0 Å². The predicted octanol–water partition coefficient (Wildman–Crippen LogP) is 5.60. The summed E-state index contributed by atoms with van der Waals surface area (Å²) in [5.74, 6) is 1.28. The fourth-order valence-electron chi connectivity index (χ4n) is 5.97. The SMILES string of the molecule is C=CC(=O)N1CCC(NC)CC1.Nc1ncccc1-c1nc2ccc(-c3ccccc3)nc2n1-c1ccc2c(c1)CCC2. The molecule has 4 heterocycles. The molecule has 8 heteroatoms. The summed E-state index contributed by atoms with van der Waals surface area (Å²) in [6.45, 7) is 5.18. The van der Waals surface area contributed by atoms with Gasteiger partial charge in [0.25, 0.3) is 0 Å². The third-order valence-corrected chi connectivity index (χ3v) is 8.38. The topological polar surface area (TPSA) is 102 Å². The lowest BCUT2D eigenvalue weighted by Gasteiger charge is -2.30. The second-order valence-corrected chi connectivity index (χ2v) is 11.0. The number of anilines is 1. The number of nitrogen functional groups attached to an aromatic ring is 1. The molecule has 2 aromatic carbocycles. The van der Waals surface area contributed by atoms with Gasteiger partial charge in [-0.2, -0.15) is 0 Å². The van der Waals surface area contributed by atoms with Crippen molar-refractivity contribution >= 4 is 22.9 Å². The summed E-state index contributed by atoms with van der Waals surface area (Å²) in [6.07, 6.45) is 8.67. The number of hydrogen-bond acceptors (Lipinski definition) is 6. The number of carbonyl (C=O) groups excluding carboxylic acids is 1. The first kappa shape index (κ1) is 28.3. The van der Waals surface area contributed by atoms with Crippen LogP contribution in [0.4, 0.5) is 5.82 Å². The smallest absolute Gasteiger partial charge is 0.245 e. The van der Waals surface area contributed by atoms with Crippen LogP contribution < -0.4 is 11.1 Å². The Morgan fingerprint density at radius 3 is 2.51 bits per heavy atom. The van der Waals surface area contributed by atoms with Crippen molar-refractivity contribution in [3.8, 4) is 28.3 Å². The highest BCUT2D eigenvalue weighted by molar-refractivity contribution is 5.87. The molecule has 2 aliphatic rings. The Morgan fingerprint density at radius 1 is 0.977 bits per heavy atom. The molecule has 3 aromatic heterocycles. The standard InChI is InChI=1S/C26H21N5.C9H16N2O/c27-24-21(10-5-15-28-24)25-30-23-14-13-22(18-6-2-1-3-7-18)29-26(23)31(25)20-12-11-17-8-4-9-19(17)16-20;1-3-9(12)11-6-4-8(10-2)5-7-11/h1-3,5-7,10-16H,4,8-9H2,(H2,27,28);3,8,10H,1,4-7H2,2H3. The number of hydrogen-bond donors (Lipinski definition) is 2. The molecule has 0 saturated carbocycles. The number of fused-ring (bicyclic) bond motifs is 2. The summed E-state index contributed by atoms with van der Waals surface area (Å²) in [7, 11) is 1.97. The number of rotatable bonds is 5. The van der Waals surface area contributed by atoms with Crippen LogP contribution in [-0.2, 0) is 17.6 Å². The van der Waals surface area contributed by atoms with E-state index in [1.807, 2.05) is 54.4 Å². The zero-order chi connectivity index (χ0) is 29.8. The average molecular weight is 572 g/mol. The van der Waals surface area contributed by atoms with Gasteiger partial charge in [-0.05, 0) is 92.8 Å². The number of nitrogens with two attached hydrogens (primary N) is 1. The van der Waals surface area contributed by atoms with Gasteiger partial charge < -0.3 is 16.0 Å². The van der Waals surface area contributed by atoms with Gasteiger partial charge in [-0.3, -0.25) is 9.36 Å². The fourth-order valence-corrected chi connectivity index (χ4v) is 5.97. The Morgan fingerprint density at radius 2 is 1.77 bits per heavy atom. The number of amides is 1. The summed E-state index contributed by atoms with van der Waals surface area (Å²) in [6, 6.07) is 25.4. The molecule has 1 fully saturated rings. The van der Waals surface area contributed by atoms with Crippen LogP contribution in [-0.4, -0.2) is 56.5 Å². The lowest BCUT2D eigenvalue weighted by atomic mass is 10.1. The summed E-state index contributed by atoms with van der Waals surface area (Å²) < 4.78 is 2.12. The van der Waals surface area contributed by atoms with E-state index in [0.717, 1.165) is 78.3 Å². The number of pyridine rings is 2. The van der Waals surface area contributed by atoms with Gasteiger partial charge in [0.1, 0.15) is 11.3 Å². The van der Waals surface area contributed by atoms with E-state index in [2.05, 4.69) is 51.8 Å². The maximum Gasteiger partial charge on any atom is 0.245 e. The number of likely N-dealkylation sites (tertiary alicyclic amines) is 1. The Balaban J connectivity index is 0.000000232. The van der Waals surface area contributed by atoms with Crippen LogP contribution in [0.3, 0.4) is 0 Å². The molecular formula is C35H37N7O. The zero-order valence-electron chi connectivity index (χ0n) is 24.5. The van der Waals surface area contributed by atoms with Crippen LogP contribution in [0.5, 0.6) is 0 Å². The fraction of sp³-hybridized carbons (Fsp3) is 0.257. The molecule has 7 rings (SSSR count). The molecule has 1 saturated heterocycles. The number of aryl methyl sites for hydroxylation is 2. The van der Waals surface area contributed by atoms with Gasteiger partial charge in [0.15, 0.2) is 11.5 Å². The quantitative estimate of drug-likeness (QED) is 0.266. The maximum atomic E-state index is 11.1. The monoisotopic (exact) mass is 571 g/mol. The second kappa shape index (κ2) is 12.6. The van der Waals surface area contributed by atoms with Crippen molar-refractivity contribution in [3.63, 3.8) is 0 Å². The Hall–Kier alpha value is -4.82. The third kappa shape index (κ3) is 5.92. The number of aromatic nitrogens is 4. The molecule has 218 valence electrons. The molecule has 5 aromatic rings. The molecule has 0 bridgehead atoms. The highest BCUT2D eigenvalue weighted by atomic mass is 16.2. The van der Waals surface area contributed by atoms with Crippen molar-refractivity contribution in [2.24, 2.45) is 0 Å². The Kier molecular flexibility index (Phi) is 8.29. The van der Waals surface area contributed by atoms with Crippen molar-refractivity contribution in [1.82, 2.24) is 29.7 Å². The van der Waals surface area contributed by atoms with E-state index in [1.165, 1.54) is 23.6 Å². The summed E-state index contributed by atoms with van der Waals surface area (Å²) in [5, 5.41) is 3.22. The minimum absolute atomic E-state index is 0.0598. The highest BCUT2D eigenvalue weighted by Gasteiger charge is 2.21. The minimum Gasteiger partial charge on any atom is -0.383 e. The van der Waals surface area contributed by atoms with E-state index in [-0.39, 0.29) is 5.91 Å². The van der Waals surface area contributed by atoms with Crippen LogP contribution in [0.25, 0.3) is 39.5 Å². The summed E-state index contributed by atoms with van der Waals surface area (Å²) in [4.78, 5) is 27.2. The van der Waals surface area contributed by atoms with Gasteiger partial charge in [0.2, 0.25) is 5.91 Å². The molecular weight excluding hydrogens is 534 g/mol. The van der Waals surface area contributed by atoms with Gasteiger partial charge in [-0.1, -0.05) is 43.0 Å². The lowest BCUT2D eigenvalue weighted by Crippen LogP contribution is -2.43. The van der Waals surface area contributed by atoms with Gasteiger partial charge in [0.05, 0.1) is 11.3 Å². The predicted molar refractivity (Wildman–Crippen MR) is 173 cm³/mol. The van der Waals surface area contributed by atoms with E-state index >= 15 is 0 Å². The van der Waals surface area contributed by atoms with Crippen LogP contribution in [0.15, 0.2) is 91.6 Å². The van der Waals surface area contributed by atoms with Crippen molar-refractivity contribution in [3.05, 3.63) is 103 Å². The average Bonchev–Trinajstić information content (AvgIpc) is 3.69. The molecule has 3 N–H and O–H groups in total. The van der Waals surface area contributed by atoms with Crippen molar-refractivity contribution in [1.29, 1.82) is 0 Å². The number of imidazole rings is 1. The molecule has 1 aliphatic heterocycles. The van der Waals surface area contributed by atoms with Gasteiger partial charge in [-0.15, -0.1) is 0 Å². The largest absolute Gasteiger partial charge is 0.383 e. The normalized spacial score (nSPS) is 14.7. The number of benzene rings is 2. The molecule has 8 nitrogen and oxygen atoms in total. The van der Waals surface area contributed by atoms with E-state index in [9.17, 15) is 4.79 Å². The molecule has 43 heavy (non-hydrogen) atoms. The maximum absolute atomic E-state index is 11.1. The van der Waals surface area contributed by atoms with Gasteiger partial charge in [0, 0.05) is 36.6 Å². The number of nitrogens with zero attached hydrogens (tertiary/aromatic N) is 5. The Bertz CT molecular complexity index is 1750. The summed E-state index contributed by atoms with van der Waals surface area (Å²) in [5.41, 5.74) is 14.6. The third-order valence-electron chi connectivity index (χ3n) is 8.38. The van der Waals surface area contributed by atoms with Crippen molar-refractivity contribution < 1.29 is 4.79 Å². The van der Waals surface area contributed by atoms with Crippen LogP contribution in [0.1, 0.15) is 30.4 Å². The molecule has 0 spiro atoms. The van der Waals surface area contributed by atoms with Crippen molar-refractivity contribution in [2.75, 3.05) is 25.9 Å². The Labute approximate surface area is 252 Å². The van der Waals surface area contributed by atoms with Gasteiger partial charge in [-0.25, -0.2) is 15.0 Å². The number of piperidine rings is 1. The van der Waals surface area contributed by atoms with Crippen LogP contribution in [0.2, 0.25) is 0 Å². The molecule has 0 radical (unpaired) electrons. The zero-order valence-corrected chi connectivity index (χ0v) is 24.5. The molecule has 0 unspecified atom stereocenters. The molecule has 1 amide bonds. The number of carbonyl (C=O) groups is 1. The first-order chi connectivity index (χ1) is 21.1. The van der Waals surface area contributed by atoms with E-state index < -0.39 is 0 Å². The lowest BCUT2D eigenvalue weighted by molar-refractivity contribution is -0.127. The van der Waals surface area contributed by atoms with E-state index in [4.69, 9.17) is 15.7 Å². The molecule has 1 aliphatic carbocycles. The summed E-state index contributed by atoms with van der Waals surface area (Å²) >= 11 is 0. The highest BCUT2D eigenvalue weighted by Crippen LogP contribution is 2.33. The second-order valence-electron chi connectivity index (χ2n) is 11.0. The minimum atomic E-state index is 0.0598.